The van der Waals surface area contributed by atoms with E-state index >= 15 is 0 Å². The predicted octanol–water partition coefficient (Wildman–Crippen LogP) is 11.2. The molecular weight excluding hydrogens is 727 g/mol. The molecule has 0 fully saturated rings. The molecule has 316 valence electrons. The van der Waals surface area contributed by atoms with Crippen molar-refractivity contribution in [1.29, 1.82) is 0 Å². The zero-order valence-electron chi connectivity index (χ0n) is 34.3. The van der Waals surface area contributed by atoms with E-state index in [-0.39, 0.29) is 13.0 Å². The monoisotopic (exact) mass is 800 g/mol. The van der Waals surface area contributed by atoms with Gasteiger partial charge in [0.25, 0.3) is 0 Å². The van der Waals surface area contributed by atoms with Crippen molar-refractivity contribution in [3.8, 4) is 0 Å². The van der Waals surface area contributed by atoms with Crippen LogP contribution in [-0.4, -0.2) is 66.3 Å². The Balaban J connectivity index is 4.42. The number of aliphatic hydroxyl groups is 2. The molecule has 0 aliphatic rings. The first-order chi connectivity index (χ1) is 27.3. The SMILES string of the molecule is CC/C=C\C/C=C\C/C=C\C/C=C\C/C=C\CCCCCC(=O)OC(COCC/C=C\C/C=C\C/C=C\C/C=C\C/C=C\CC)COP(=O)(O)OCC(O)CO. The molecule has 0 saturated heterocycles. The number of hydrogen-bond acceptors (Lipinski definition) is 8. The molecule has 0 aromatic heterocycles. The summed E-state index contributed by atoms with van der Waals surface area (Å²) in [5, 5.41) is 18.3. The van der Waals surface area contributed by atoms with Crippen LogP contribution in [0.5, 0.6) is 0 Å². The third kappa shape index (κ3) is 40.5. The molecular formula is C46H73O9P. The fourth-order valence-electron chi connectivity index (χ4n) is 4.62. The Hall–Kier alpha value is -3.14. The minimum absolute atomic E-state index is 0.0280. The van der Waals surface area contributed by atoms with Crippen molar-refractivity contribution in [3.63, 3.8) is 0 Å². The van der Waals surface area contributed by atoms with Crippen molar-refractivity contribution in [2.24, 2.45) is 0 Å². The van der Waals surface area contributed by atoms with Crippen molar-refractivity contribution in [2.45, 2.75) is 129 Å². The summed E-state index contributed by atoms with van der Waals surface area (Å²) in [4.78, 5) is 22.5. The molecule has 0 radical (unpaired) electrons. The molecule has 0 aromatic carbocycles. The molecule has 0 spiro atoms. The summed E-state index contributed by atoms with van der Waals surface area (Å²) < 4.78 is 33.2. The quantitative estimate of drug-likeness (QED) is 0.0243. The van der Waals surface area contributed by atoms with Gasteiger partial charge in [-0.15, -0.1) is 0 Å². The van der Waals surface area contributed by atoms with Gasteiger partial charge in [0.05, 0.1) is 33.0 Å². The van der Waals surface area contributed by atoms with E-state index in [4.69, 9.17) is 23.6 Å². The van der Waals surface area contributed by atoms with Gasteiger partial charge in [0.1, 0.15) is 12.2 Å². The third-order valence-electron chi connectivity index (χ3n) is 7.66. The number of esters is 1. The van der Waals surface area contributed by atoms with Crippen LogP contribution in [-0.2, 0) is 27.9 Å². The number of allylic oxidation sites excluding steroid dienone is 19. The molecule has 0 heterocycles. The topological polar surface area (TPSA) is 132 Å². The van der Waals surface area contributed by atoms with Crippen LogP contribution in [0.3, 0.4) is 0 Å². The highest BCUT2D eigenvalue weighted by atomic mass is 31.2. The molecule has 9 nitrogen and oxygen atoms in total. The average Bonchev–Trinajstić information content (AvgIpc) is 3.19. The second kappa shape index (κ2) is 41.5. The molecule has 0 aliphatic carbocycles. The summed E-state index contributed by atoms with van der Waals surface area (Å²) in [7, 11) is -4.56. The first-order valence-corrected chi connectivity index (χ1v) is 22.0. The van der Waals surface area contributed by atoms with Gasteiger partial charge in [0.2, 0.25) is 0 Å². The molecule has 3 unspecified atom stereocenters. The normalized spacial score (nSPS) is 15.3. The summed E-state index contributed by atoms with van der Waals surface area (Å²) in [6, 6.07) is 0. The average molecular weight is 801 g/mol. The molecule has 0 saturated carbocycles. The molecule has 0 aliphatic heterocycles. The van der Waals surface area contributed by atoms with E-state index in [9.17, 15) is 19.4 Å². The summed E-state index contributed by atoms with van der Waals surface area (Å²) in [5.74, 6) is -0.445. The summed E-state index contributed by atoms with van der Waals surface area (Å²) >= 11 is 0. The van der Waals surface area contributed by atoms with E-state index in [0.29, 0.717) is 19.4 Å². The van der Waals surface area contributed by atoms with Crippen LogP contribution in [0.1, 0.15) is 117 Å². The molecule has 0 rings (SSSR count). The van der Waals surface area contributed by atoms with E-state index in [0.717, 1.165) is 83.5 Å². The maximum Gasteiger partial charge on any atom is 0.472 e. The highest BCUT2D eigenvalue weighted by molar-refractivity contribution is 7.47. The van der Waals surface area contributed by atoms with Gasteiger partial charge in [-0.2, -0.15) is 0 Å². The van der Waals surface area contributed by atoms with E-state index in [2.05, 4.69) is 129 Å². The zero-order chi connectivity index (χ0) is 41.1. The maximum atomic E-state index is 12.6. The number of carbonyl (C=O) groups excluding carboxylic acids is 1. The predicted molar refractivity (Wildman–Crippen MR) is 232 cm³/mol. The van der Waals surface area contributed by atoms with E-state index in [1.54, 1.807) is 0 Å². The standard InChI is InChI=1S/C46H73O9P/c1-3-5-7-9-11-13-15-17-19-21-22-23-24-26-28-30-32-34-36-38-46(49)55-45(43-54-56(50,51)53-41-44(48)40-47)42-52-39-37-35-33-31-29-27-25-20-18-16-14-12-10-8-6-4-2/h5-8,11-14,17-20,22-23,26-29,33,35,44-45,47-48H,3-4,9-10,15-16,21,24-25,30-32,34,36-43H2,1-2H3,(H,50,51)/b7-5-,8-6-,13-11-,14-12-,19-17-,20-18-,23-22-,28-26-,29-27-,35-33-. The molecule has 3 N–H and O–H groups in total. The van der Waals surface area contributed by atoms with E-state index < -0.39 is 45.8 Å². The lowest BCUT2D eigenvalue weighted by Crippen LogP contribution is -2.29. The first kappa shape index (κ1) is 52.9. The lowest BCUT2D eigenvalue weighted by atomic mass is 10.1. The maximum absolute atomic E-state index is 12.6. The van der Waals surface area contributed by atoms with Crippen molar-refractivity contribution in [1.82, 2.24) is 0 Å². The summed E-state index contributed by atoms with van der Waals surface area (Å²) in [6.45, 7) is 2.96. The fraction of sp³-hybridized carbons (Fsp3) is 0.543. The van der Waals surface area contributed by atoms with Gasteiger partial charge >= 0.3 is 13.8 Å². The fourth-order valence-corrected chi connectivity index (χ4v) is 5.41. The number of unbranched alkanes of at least 4 members (excludes halogenated alkanes) is 3. The van der Waals surface area contributed by atoms with E-state index in [1.165, 1.54) is 0 Å². The lowest BCUT2D eigenvalue weighted by Gasteiger charge is -2.20. The molecule has 0 amide bonds. The molecule has 0 bridgehead atoms. The number of phosphoric acid groups is 1. The van der Waals surface area contributed by atoms with Crippen molar-refractivity contribution in [3.05, 3.63) is 122 Å². The Morgan fingerprint density at radius 3 is 1.41 bits per heavy atom. The molecule has 56 heavy (non-hydrogen) atoms. The van der Waals surface area contributed by atoms with Crippen LogP contribution in [0.2, 0.25) is 0 Å². The van der Waals surface area contributed by atoms with E-state index in [1.807, 2.05) is 6.08 Å². The van der Waals surface area contributed by atoms with Gasteiger partial charge in [0.15, 0.2) is 0 Å². The van der Waals surface area contributed by atoms with Gasteiger partial charge in [-0.3, -0.25) is 13.8 Å². The van der Waals surface area contributed by atoms with Gasteiger partial charge in [0, 0.05) is 6.42 Å². The molecule has 3 atom stereocenters. The van der Waals surface area contributed by atoms with Crippen molar-refractivity contribution in [2.75, 3.05) is 33.0 Å². The first-order valence-electron chi connectivity index (χ1n) is 20.5. The second-order valence-corrected chi connectivity index (χ2v) is 14.3. The van der Waals surface area contributed by atoms with Gasteiger partial charge < -0.3 is 24.6 Å². The minimum Gasteiger partial charge on any atom is -0.457 e. The minimum atomic E-state index is -4.56. The van der Waals surface area contributed by atoms with Gasteiger partial charge in [-0.1, -0.05) is 142 Å². The van der Waals surface area contributed by atoms with Gasteiger partial charge in [-0.05, 0) is 89.9 Å². The Bertz CT molecular complexity index is 1270. The van der Waals surface area contributed by atoms with Crippen LogP contribution in [0, 0.1) is 0 Å². The number of phosphoric ester groups is 1. The summed E-state index contributed by atoms with van der Waals surface area (Å²) in [6.07, 6.45) is 54.7. The van der Waals surface area contributed by atoms with Crippen molar-refractivity contribution >= 4 is 13.8 Å². The number of ether oxygens (including phenoxy) is 2. The van der Waals surface area contributed by atoms with Crippen LogP contribution in [0.15, 0.2) is 122 Å². The molecule has 10 heteroatoms. The smallest absolute Gasteiger partial charge is 0.457 e. The Labute approximate surface area is 339 Å². The van der Waals surface area contributed by atoms with Crippen LogP contribution >= 0.6 is 7.82 Å². The Kier molecular flexibility index (Phi) is 39.2. The largest absolute Gasteiger partial charge is 0.472 e. The van der Waals surface area contributed by atoms with Crippen LogP contribution < -0.4 is 0 Å². The lowest BCUT2D eigenvalue weighted by molar-refractivity contribution is -0.154. The second-order valence-electron chi connectivity index (χ2n) is 12.9. The van der Waals surface area contributed by atoms with Crippen molar-refractivity contribution < 1.29 is 43.0 Å². The van der Waals surface area contributed by atoms with Crippen LogP contribution in [0.25, 0.3) is 0 Å². The van der Waals surface area contributed by atoms with Crippen LogP contribution in [0.4, 0.5) is 0 Å². The number of aliphatic hydroxyl groups excluding tert-OH is 2. The summed E-state index contributed by atoms with van der Waals surface area (Å²) in [5.41, 5.74) is 0. The third-order valence-corrected chi connectivity index (χ3v) is 8.61. The Morgan fingerprint density at radius 2 is 0.964 bits per heavy atom. The Morgan fingerprint density at radius 1 is 0.554 bits per heavy atom. The number of hydrogen-bond donors (Lipinski definition) is 3. The highest BCUT2D eigenvalue weighted by Gasteiger charge is 2.26. The molecule has 0 aromatic rings. The van der Waals surface area contributed by atoms with Gasteiger partial charge in [-0.25, -0.2) is 4.57 Å². The highest BCUT2D eigenvalue weighted by Crippen LogP contribution is 2.43. The zero-order valence-corrected chi connectivity index (χ0v) is 35.2. The number of carbonyl (C=O) groups is 1. The number of rotatable bonds is 37.